The predicted octanol–water partition coefficient (Wildman–Crippen LogP) is 3.79. The van der Waals surface area contributed by atoms with Crippen LogP contribution in [0.3, 0.4) is 0 Å². The molecule has 0 radical (unpaired) electrons. The lowest BCUT2D eigenvalue weighted by atomic mass is 10.2. The minimum absolute atomic E-state index is 0.315. The van der Waals surface area contributed by atoms with Crippen LogP contribution < -0.4 is 5.73 Å². The predicted molar refractivity (Wildman–Crippen MR) is 79.8 cm³/mol. The minimum atomic E-state index is -1.18. The van der Waals surface area contributed by atoms with Gasteiger partial charge in [0, 0.05) is 15.1 Å². The second-order valence-corrected chi connectivity index (χ2v) is 6.55. The van der Waals surface area contributed by atoms with Gasteiger partial charge in [0.1, 0.15) is 5.82 Å². The number of nitrogens with two attached hydrogens (primary N) is 1. The number of hydrogen-bond acceptors (Lipinski definition) is 2. The number of aryl methyl sites for hydroxylation is 1. The van der Waals surface area contributed by atoms with Crippen molar-refractivity contribution in [3.05, 3.63) is 57.8 Å². The first-order chi connectivity index (χ1) is 8.97. The molecule has 0 amide bonds. The molecular formula is C14H13BrFNOS. The molecule has 0 heterocycles. The molecule has 2 N–H and O–H groups in total. The minimum Gasteiger partial charge on any atom is -0.399 e. The molecule has 1 atom stereocenters. The number of nitrogen functional groups attached to an aromatic ring is 1. The Hall–Kier alpha value is -1.20. The summed E-state index contributed by atoms with van der Waals surface area (Å²) in [5, 5.41) is 0. The summed E-state index contributed by atoms with van der Waals surface area (Å²) in [6, 6.07) is 9.72. The van der Waals surface area contributed by atoms with Gasteiger partial charge < -0.3 is 5.73 Å². The van der Waals surface area contributed by atoms with Crippen LogP contribution in [0.1, 0.15) is 11.1 Å². The smallest absolute Gasteiger partial charge is 0.124 e. The molecule has 19 heavy (non-hydrogen) atoms. The quantitative estimate of drug-likeness (QED) is 0.863. The molecule has 0 aromatic heterocycles. The Bertz CT molecular complexity index is 645. The van der Waals surface area contributed by atoms with Gasteiger partial charge in [-0.25, -0.2) is 4.39 Å². The topological polar surface area (TPSA) is 43.1 Å². The van der Waals surface area contributed by atoms with Crippen molar-refractivity contribution >= 4 is 32.4 Å². The zero-order valence-electron chi connectivity index (χ0n) is 10.3. The molecule has 0 saturated carbocycles. The SMILES string of the molecule is Cc1cc(S(=O)Cc2ccc(F)cc2Br)ccc1N. The van der Waals surface area contributed by atoms with Crippen LogP contribution in [0.25, 0.3) is 0 Å². The van der Waals surface area contributed by atoms with Gasteiger partial charge in [0.05, 0.1) is 16.6 Å². The van der Waals surface area contributed by atoms with Crippen LogP contribution in [0.2, 0.25) is 0 Å². The Kier molecular flexibility index (Phi) is 4.37. The number of benzene rings is 2. The van der Waals surface area contributed by atoms with Crippen molar-refractivity contribution in [2.24, 2.45) is 0 Å². The molecule has 0 fully saturated rings. The highest BCUT2D eigenvalue weighted by Gasteiger charge is 2.09. The van der Waals surface area contributed by atoms with E-state index in [0.717, 1.165) is 16.0 Å². The highest BCUT2D eigenvalue weighted by molar-refractivity contribution is 9.10. The third kappa shape index (κ3) is 3.42. The van der Waals surface area contributed by atoms with Crippen LogP contribution in [-0.2, 0) is 16.6 Å². The first-order valence-corrected chi connectivity index (χ1v) is 7.77. The third-order valence-electron chi connectivity index (χ3n) is 2.81. The van der Waals surface area contributed by atoms with Crippen LogP contribution in [0.5, 0.6) is 0 Å². The fourth-order valence-corrected chi connectivity index (χ4v) is 3.56. The summed E-state index contributed by atoms with van der Waals surface area (Å²) in [6.07, 6.45) is 0. The summed E-state index contributed by atoms with van der Waals surface area (Å²) in [5.74, 6) is 0.0225. The molecule has 0 bridgehead atoms. The van der Waals surface area contributed by atoms with Crippen molar-refractivity contribution in [1.82, 2.24) is 0 Å². The Morgan fingerprint density at radius 2 is 2.00 bits per heavy atom. The van der Waals surface area contributed by atoms with Gasteiger partial charge in [-0.2, -0.15) is 0 Å². The molecule has 0 aliphatic heterocycles. The third-order valence-corrected chi connectivity index (χ3v) is 4.90. The summed E-state index contributed by atoms with van der Waals surface area (Å²) in [7, 11) is -1.18. The lowest BCUT2D eigenvalue weighted by Gasteiger charge is -2.07. The Morgan fingerprint density at radius 1 is 1.26 bits per heavy atom. The van der Waals surface area contributed by atoms with E-state index in [1.807, 2.05) is 13.0 Å². The van der Waals surface area contributed by atoms with Crippen LogP contribution in [0.4, 0.5) is 10.1 Å². The molecule has 1 unspecified atom stereocenters. The summed E-state index contributed by atoms with van der Waals surface area (Å²) in [6.45, 7) is 1.88. The van der Waals surface area contributed by atoms with Gasteiger partial charge >= 0.3 is 0 Å². The number of hydrogen-bond donors (Lipinski definition) is 1. The molecule has 0 aliphatic carbocycles. The van der Waals surface area contributed by atoms with Crippen molar-refractivity contribution in [3.63, 3.8) is 0 Å². The van der Waals surface area contributed by atoms with Crippen LogP contribution >= 0.6 is 15.9 Å². The molecule has 2 aromatic carbocycles. The van der Waals surface area contributed by atoms with E-state index in [4.69, 9.17) is 5.73 Å². The largest absolute Gasteiger partial charge is 0.399 e. The molecule has 2 rings (SSSR count). The van der Waals surface area contributed by atoms with Crippen molar-refractivity contribution in [2.75, 3.05) is 5.73 Å². The Morgan fingerprint density at radius 3 is 2.63 bits per heavy atom. The second-order valence-electron chi connectivity index (χ2n) is 4.24. The molecule has 0 aliphatic rings. The molecular weight excluding hydrogens is 329 g/mol. The number of rotatable bonds is 3. The average Bonchev–Trinajstić information content (AvgIpc) is 2.36. The van der Waals surface area contributed by atoms with E-state index in [1.165, 1.54) is 12.1 Å². The monoisotopic (exact) mass is 341 g/mol. The van der Waals surface area contributed by atoms with Crippen LogP contribution in [0.15, 0.2) is 45.8 Å². The summed E-state index contributed by atoms with van der Waals surface area (Å²) >= 11 is 3.28. The Balaban J connectivity index is 2.23. The highest BCUT2D eigenvalue weighted by Crippen LogP contribution is 2.23. The molecule has 0 saturated heterocycles. The maximum absolute atomic E-state index is 13.0. The summed E-state index contributed by atoms with van der Waals surface area (Å²) in [4.78, 5) is 0.725. The molecule has 2 nitrogen and oxygen atoms in total. The van der Waals surface area contributed by atoms with Crippen molar-refractivity contribution in [1.29, 1.82) is 0 Å². The van der Waals surface area contributed by atoms with Gasteiger partial charge in [-0.15, -0.1) is 0 Å². The van der Waals surface area contributed by atoms with E-state index in [2.05, 4.69) is 15.9 Å². The van der Waals surface area contributed by atoms with Crippen molar-refractivity contribution < 1.29 is 8.60 Å². The van der Waals surface area contributed by atoms with E-state index < -0.39 is 10.8 Å². The van der Waals surface area contributed by atoms with Crippen LogP contribution in [0, 0.1) is 12.7 Å². The van der Waals surface area contributed by atoms with Crippen molar-refractivity contribution in [2.45, 2.75) is 17.6 Å². The first-order valence-electron chi connectivity index (χ1n) is 5.66. The Labute approximate surface area is 122 Å². The highest BCUT2D eigenvalue weighted by atomic mass is 79.9. The molecule has 100 valence electrons. The van der Waals surface area contributed by atoms with Gasteiger partial charge in [0.15, 0.2) is 0 Å². The standard InChI is InChI=1S/C14H13BrFNOS/c1-9-6-12(4-5-14(9)17)19(18)8-10-2-3-11(16)7-13(10)15/h2-7H,8,17H2,1H3. The second kappa shape index (κ2) is 5.84. The fourth-order valence-electron chi connectivity index (χ4n) is 1.65. The molecule has 2 aromatic rings. The lowest BCUT2D eigenvalue weighted by Crippen LogP contribution is -1.99. The van der Waals surface area contributed by atoms with Gasteiger partial charge in [-0.3, -0.25) is 4.21 Å². The lowest BCUT2D eigenvalue weighted by molar-refractivity contribution is 0.626. The fraction of sp³-hybridized carbons (Fsp3) is 0.143. The summed E-state index contributed by atoms with van der Waals surface area (Å²) in [5.41, 5.74) is 8.14. The first kappa shape index (κ1) is 14.2. The molecule has 5 heteroatoms. The van der Waals surface area contributed by atoms with E-state index >= 15 is 0 Å². The van der Waals surface area contributed by atoms with Crippen LogP contribution in [-0.4, -0.2) is 4.21 Å². The van der Waals surface area contributed by atoms with E-state index in [9.17, 15) is 8.60 Å². The summed E-state index contributed by atoms with van der Waals surface area (Å²) < 4.78 is 25.9. The number of anilines is 1. The van der Waals surface area contributed by atoms with Gasteiger partial charge in [0.25, 0.3) is 0 Å². The number of halogens is 2. The zero-order chi connectivity index (χ0) is 14.0. The van der Waals surface area contributed by atoms with E-state index in [-0.39, 0.29) is 5.82 Å². The maximum Gasteiger partial charge on any atom is 0.124 e. The average molecular weight is 342 g/mol. The van der Waals surface area contributed by atoms with Gasteiger partial charge in [0.2, 0.25) is 0 Å². The van der Waals surface area contributed by atoms with Gasteiger partial charge in [-0.1, -0.05) is 22.0 Å². The zero-order valence-corrected chi connectivity index (χ0v) is 12.7. The molecule has 0 spiro atoms. The maximum atomic E-state index is 13.0. The van der Waals surface area contributed by atoms with E-state index in [1.54, 1.807) is 18.2 Å². The van der Waals surface area contributed by atoms with Crippen molar-refractivity contribution in [3.8, 4) is 0 Å². The normalized spacial score (nSPS) is 12.4. The van der Waals surface area contributed by atoms with Gasteiger partial charge in [-0.05, 0) is 48.4 Å². The van der Waals surface area contributed by atoms with E-state index in [0.29, 0.717) is 15.9 Å².